The lowest BCUT2D eigenvalue weighted by Crippen LogP contribution is -2.47. The molecule has 0 bridgehead atoms. The van der Waals surface area contributed by atoms with Crippen LogP contribution in [-0.2, 0) is 18.3 Å². The van der Waals surface area contributed by atoms with Gasteiger partial charge in [0.1, 0.15) is 6.61 Å². The summed E-state index contributed by atoms with van der Waals surface area (Å²) in [4.78, 5) is 35.9. The third kappa shape index (κ3) is 5.68. The molecule has 1 aliphatic heterocycles. The van der Waals surface area contributed by atoms with Crippen LogP contribution in [0.3, 0.4) is 0 Å². The summed E-state index contributed by atoms with van der Waals surface area (Å²) in [6, 6.07) is 8.84. The molecule has 0 aliphatic carbocycles. The molecule has 2 aromatic heterocycles. The molecular weight excluding hydrogens is 491 g/mol. The fourth-order valence-electron chi connectivity index (χ4n) is 4.46. The minimum atomic E-state index is -4.62. The van der Waals surface area contributed by atoms with Gasteiger partial charge in [-0.15, -0.1) is 0 Å². The van der Waals surface area contributed by atoms with E-state index in [9.17, 15) is 22.8 Å². The molecule has 198 valence electrons. The van der Waals surface area contributed by atoms with Gasteiger partial charge in [0.25, 0.3) is 5.91 Å². The van der Waals surface area contributed by atoms with E-state index in [4.69, 9.17) is 9.84 Å². The number of benzene rings is 1. The minimum absolute atomic E-state index is 0.0660. The molecule has 0 atom stereocenters. The molecule has 3 heterocycles. The maximum absolute atomic E-state index is 13.4. The molecule has 12 heteroatoms. The number of hydrogen-bond acceptors (Lipinski definition) is 6. The van der Waals surface area contributed by atoms with Crippen LogP contribution in [-0.4, -0.2) is 74.9 Å². The standard InChI is InChI=1S/C25H28F3N5O4/c1-3-17-19(15-7-5-4-6-8-15)31-20-22(37-14-25(26,27)28)21(32(2)23(20)30-17)24(36)29-16-9-11-33(12-10-16)18(35)13-34/h4-8,16,34H,3,9-14H2,1-2H3,(H,29,36). The average molecular weight is 520 g/mol. The largest absolute Gasteiger partial charge is 0.479 e. The van der Waals surface area contributed by atoms with Gasteiger partial charge in [-0.05, 0) is 19.3 Å². The van der Waals surface area contributed by atoms with Gasteiger partial charge in [-0.2, -0.15) is 13.2 Å². The summed E-state index contributed by atoms with van der Waals surface area (Å²) in [5.74, 6) is -1.29. The number of piperidine rings is 1. The Morgan fingerprint density at radius 2 is 1.84 bits per heavy atom. The third-order valence-electron chi connectivity index (χ3n) is 6.33. The second-order valence-corrected chi connectivity index (χ2v) is 8.84. The van der Waals surface area contributed by atoms with Crippen LogP contribution in [0.1, 0.15) is 35.9 Å². The molecule has 3 aromatic rings. The molecule has 1 saturated heterocycles. The van der Waals surface area contributed by atoms with Crippen molar-refractivity contribution >= 4 is 23.0 Å². The number of nitrogens with zero attached hydrogens (tertiary/aromatic N) is 4. The number of aliphatic hydroxyl groups excluding tert-OH is 1. The van der Waals surface area contributed by atoms with Crippen molar-refractivity contribution in [1.29, 1.82) is 0 Å². The van der Waals surface area contributed by atoms with Gasteiger partial charge in [-0.3, -0.25) is 9.59 Å². The quantitative estimate of drug-likeness (QED) is 0.497. The Morgan fingerprint density at radius 1 is 1.16 bits per heavy atom. The number of amides is 2. The number of aromatic nitrogens is 3. The number of nitrogens with one attached hydrogen (secondary N) is 1. The maximum atomic E-state index is 13.4. The van der Waals surface area contributed by atoms with E-state index in [2.05, 4.69) is 15.3 Å². The summed E-state index contributed by atoms with van der Waals surface area (Å²) >= 11 is 0. The molecule has 4 rings (SSSR count). The molecule has 1 fully saturated rings. The number of hydrogen-bond donors (Lipinski definition) is 2. The molecule has 0 spiro atoms. The van der Waals surface area contributed by atoms with E-state index in [1.165, 1.54) is 16.5 Å². The fraction of sp³-hybridized carbons (Fsp3) is 0.440. The Hall–Kier alpha value is -3.67. The van der Waals surface area contributed by atoms with Crippen molar-refractivity contribution in [3.8, 4) is 17.0 Å². The summed E-state index contributed by atoms with van der Waals surface area (Å²) in [5, 5.41) is 11.9. The monoisotopic (exact) mass is 519 g/mol. The van der Waals surface area contributed by atoms with Crippen LogP contribution in [0, 0.1) is 0 Å². The smallest absolute Gasteiger partial charge is 0.422 e. The van der Waals surface area contributed by atoms with Gasteiger partial charge in [0.05, 0.1) is 11.4 Å². The predicted octanol–water partition coefficient (Wildman–Crippen LogP) is 2.85. The second-order valence-electron chi connectivity index (χ2n) is 8.84. The van der Waals surface area contributed by atoms with Crippen LogP contribution in [0.2, 0.25) is 0 Å². The van der Waals surface area contributed by atoms with Gasteiger partial charge in [0, 0.05) is 31.7 Å². The number of carbonyl (C=O) groups excluding carboxylic acids is 2. The van der Waals surface area contributed by atoms with Gasteiger partial charge in [-0.25, -0.2) is 9.97 Å². The Balaban J connectivity index is 1.72. The lowest BCUT2D eigenvalue weighted by Gasteiger charge is -2.32. The predicted molar refractivity (Wildman–Crippen MR) is 129 cm³/mol. The summed E-state index contributed by atoms with van der Waals surface area (Å²) < 4.78 is 46.0. The summed E-state index contributed by atoms with van der Waals surface area (Å²) in [6.45, 7) is 0.415. The average Bonchev–Trinajstić information content (AvgIpc) is 3.17. The summed E-state index contributed by atoms with van der Waals surface area (Å²) in [7, 11) is 1.54. The zero-order chi connectivity index (χ0) is 26.7. The van der Waals surface area contributed by atoms with Gasteiger partial charge in [0.2, 0.25) is 5.91 Å². The molecule has 2 N–H and O–H groups in total. The first-order valence-electron chi connectivity index (χ1n) is 12.0. The minimum Gasteiger partial charge on any atom is -0.479 e. The van der Waals surface area contributed by atoms with Gasteiger partial charge < -0.3 is 24.6 Å². The van der Waals surface area contributed by atoms with Crippen molar-refractivity contribution in [1.82, 2.24) is 24.8 Å². The lowest BCUT2D eigenvalue weighted by molar-refractivity contribution is -0.153. The highest BCUT2D eigenvalue weighted by atomic mass is 19.4. The van der Waals surface area contributed by atoms with Crippen molar-refractivity contribution in [2.75, 3.05) is 26.3 Å². The van der Waals surface area contributed by atoms with E-state index in [0.29, 0.717) is 43.7 Å². The molecular formula is C25H28F3N5O4. The summed E-state index contributed by atoms with van der Waals surface area (Å²) in [6.07, 6.45) is -3.23. The van der Waals surface area contributed by atoms with Gasteiger partial charge in [0.15, 0.2) is 29.2 Å². The topological polar surface area (TPSA) is 110 Å². The van der Waals surface area contributed by atoms with Gasteiger partial charge >= 0.3 is 6.18 Å². The molecule has 1 aromatic carbocycles. The fourth-order valence-corrected chi connectivity index (χ4v) is 4.46. The van der Waals surface area contributed by atoms with Gasteiger partial charge in [-0.1, -0.05) is 37.3 Å². The highest BCUT2D eigenvalue weighted by Crippen LogP contribution is 2.35. The number of carbonyl (C=O) groups is 2. The Morgan fingerprint density at radius 3 is 2.43 bits per heavy atom. The van der Waals surface area contributed by atoms with Crippen molar-refractivity contribution in [3.05, 3.63) is 41.7 Å². The van der Waals surface area contributed by atoms with Crippen LogP contribution in [0.25, 0.3) is 22.4 Å². The van der Waals surface area contributed by atoms with E-state index in [0.717, 1.165) is 5.56 Å². The number of fused-ring (bicyclic) bond motifs is 1. The molecule has 0 radical (unpaired) electrons. The Bertz CT molecular complexity index is 1290. The molecule has 37 heavy (non-hydrogen) atoms. The number of aryl methyl sites for hydroxylation is 2. The third-order valence-corrected chi connectivity index (χ3v) is 6.33. The number of ether oxygens (including phenoxy) is 1. The lowest BCUT2D eigenvalue weighted by atomic mass is 10.0. The Labute approximate surface area is 211 Å². The highest BCUT2D eigenvalue weighted by molar-refractivity contribution is 6.02. The van der Waals surface area contributed by atoms with Crippen LogP contribution in [0.4, 0.5) is 13.2 Å². The maximum Gasteiger partial charge on any atom is 0.422 e. The highest BCUT2D eigenvalue weighted by Gasteiger charge is 2.33. The second kappa shape index (κ2) is 10.8. The first-order chi connectivity index (χ1) is 17.6. The first-order valence-corrected chi connectivity index (χ1v) is 12.0. The number of halogens is 3. The number of likely N-dealkylation sites (tertiary alicyclic amines) is 1. The summed E-state index contributed by atoms with van der Waals surface area (Å²) in [5.41, 5.74) is 2.08. The zero-order valence-electron chi connectivity index (χ0n) is 20.5. The first kappa shape index (κ1) is 26.4. The molecule has 2 amide bonds. The van der Waals surface area contributed by atoms with Crippen LogP contribution < -0.4 is 10.1 Å². The molecule has 0 unspecified atom stereocenters. The zero-order valence-corrected chi connectivity index (χ0v) is 20.5. The van der Waals surface area contributed by atoms with E-state index in [-0.39, 0.29) is 34.6 Å². The number of rotatable bonds is 7. The van der Waals surface area contributed by atoms with Crippen molar-refractivity contribution in [2.45, 2.75) is 38.4 Å². The number of alkyl halides is 3. The van der Waals surface area contributed by atoms with E-state index in [1.807, 2.05) is 37.3 Å². The van der Waals surface area contributed by atoms with Crippen molar-refractivity contribution < 1.29 is 32.6 Å². The van der Waals surface area contributed by atoms with Crippen LogP contribution in [0.15, 0.2) is 30.3 Å². The van der Waals surface area contributed by atoms with Crippen molar-refractivity contribution in [3.63, 3.8) is 0 Å². The molecule has 9 nitrogen and oxygen atoms in total. The SMILES string of the molecule is CCc1nc2c(nc1-c1ccccc1)c(OCC(F)(F)F)c(C(=O)NC1CCN(C(=O)CO)CC1)n2C. The van der Waals surface area contributed by atoms with Crippen LogP contribution in [0.5, 0.6) is 5.75 Å². The number of aliphatic hydroxyl groups is 1. The normalized spacial score (nSPS) is 14.7. The van der Waals surface area contributed by atoms with E-state index in [1.54, 1.807) is 0 Å². The molecule has 0 saturated carbocycles. The Kier molecular flexibility index (Phi) is 7.67. The molecule has 1 aliphatic rings. The van der Waals surface area contributed by atoms with Crippen LogP contribution >= 0.6 is 0 Å². The van der Waals surface area contributed by atoms with Crippen molar-refractivity contribution in [2.24, 2.45) is 7.05 Å². The van der Waals surface area contributed by atoms with E-state index >= 15 is 0 Å². The van der Waals surface area contributed by atoms with E-state index < -0.39 is 25.3 Å².